The molecule has 0 aromatic heterocycles. The van der Waals surface area contributed by atoms with Crippen LogP contribution in [0.4, 0.5) is 0 Å². The molecule has 90 valence electrons. The van der Waals surface area contributed by atoms with Crippen molar-refractivity contribution in [3.8, 4) is 0 Å². The lowest BCUT2D eigenvalue weighted by Gasteiger charge is -2.20. The molecule has 15 heavy (non-hydrogen) atoms. The molecule has 0 bridgehead atoms. The van der Waals surface area contributed by atoms with E-state index in [1.54, 1.807) is 0 Å². The van der Waals surface area contributed by atoms with Crippen molar-refractivity contribution in [3.05, 3.63) is 0 Å². The van der Waals surface area contributed by atoms with Gasteiger partial charge in [-0.25, -0.2) is 0 Å². The lowest BCUT2D eigenvalue weighted by atomic mass is 9.97. The van der Waals surface area contributed by atoms with Crippen molar-refractivity contribution in [1.82, 2.24) is 5.32 Å². The highest BCUT2D eigenvalue weighted by atomic mass is 32.2. The molecular weight excluding hydrogens is 202 g/mol. The molecule has 1 N–H and O–H groups in total. The van der Waals surface area contributed by atoms with E-state index < -0.39 is 0 Å². The zero-order chi connectivity index (χ0) is 10.8. The summed E-state index contributed by atoms with van der Waals surface area (Å²) < 4.78 is 0. The van der Waals surface area contributed by atoms with Gasteiger partial charge in [-0.05, 0) is 44.2 Å². The molecule has 0 aromatic carbocycles. The Bertz CT molecular complexity index is 130. The lowest BCUT2D eigenvalue weighted by molar-refractivity contribution is 0.388. The number of unbranched alkanes of at least 4 members (excludes halogenated alkanes) is 1. The van der Waals surface area contributed by atoms with Gasteiger partial charge in [0.15, 0.2) is 0 Å². The van der Waals surface area contributed by atoms with Crippen LogP contribution in [0, 0.1) is 0 Å². The number of rotatable bonds is 6. The topological polar surface area (TPSA) is 12.0 Å². The van der Waals surface area contributed by atoms with E-state index in [-0.39, 0.29) is 0 Å². The summed E-state index contributed by atoms with van der Waals surface area (Å²) in [6.07, 6.45) is 15.1. The van der Waals surface area contributed by atoms with Crippen LogP contribution in [-0.4, -0.2) is 24.6 Å². The average Bonchev–Trinajstić information content (AvgIpc) is 2.20. The molecule has 0 amide bonds. The van der Waals surface area contributed by atoms with Crippen LogP contribution in [0.15, 0.2) is 0 Å². The summed E-state index contributed by atoms with van der Waals surface area (Å²) in [6.45, 7) is 1.24. The van der Waals surface area contributed by atoms with Gasteiger partial charge in [-0.1, -0.05) is 32.1 Å². The van der Waals surface area contributed by atoms with Gasteiger partial charge < -0.3 is 5.32 Å². The first kappa shape index (κ1) is 13.4. The van der Waals surface area contributed by atoms with Crippen LogP contribution in [0.2, 0.25) is 0 Å². The van der Waals surface area contributed by atoms with Crippen molar-refractivity contribution >= 4 is 11.8 Å². The first-order chi connectivity index (χ1) is 7.43. The molecular formula is C13H27NS. The third-order valence-electron chi connectivity index (χ3n) is 3.31. The van der Waals surface area contributed by atoms with Crippen LogP contribution >= 0.6 is 11.8 Å². The fourth-order valence-corrected chi connectivity index (χ4v) is 2.83. The Morgan fingerprint density at radius 1 is 1.00 bits per heavy atom. The predicted molar refractivity (Wildman–Crippen MR) is 71.7 cm³/mol. The highest BCUT2D eigenvalue weighted by Gasteiger charge is 2.09. The minimum atomic E-state index is 0.833. The Labute approximate surface area is 99.8 Å². The van der Waals surface area contributed by atoms with Crippen LogP contribution in [0.1, 0.15) is 57.8 Å². The van der Waals surface area contributed by atoms with Crippen molar-refractivity contribution in [2.24, 2.45) is 0 Å². The monoisotopic (exact) mass is 229 g/mol. The standard InChI is InChI=1S/C13H27NS/c1-15-12-8-7-11-14-13-9-5-3-2-4-6-10-13/h13-14H,2-12H2,1H3. The van der Waals surface area contributed by atoms with E-state index >= 15 is 0 Å². The van der Waals surface area contributed by atoms with Crippen molar-refractivity contribution in [2.45, 2.75) is 63.8 Å². The van der Waals surface area contributed by atoms with Crippen LogP contribution in [-0.2, 0) is 0 Å². The number of hydrogen-bond donors (Lipinski definition) is 1. The second-order valence-corrected chi connectivity index (χ2v) is 5.68. The van der Waals surface area contributed by atoms with Crippen molar-refractivity contribution in [1.29, 1.82) is 0 Å². The fourth-order valence-electron chi connectivity index (χ4n) is 2.34. The summed E-state index contributed by atoms with van der Waals surface area (Å²) in [7, 11) is 0. The van der Waals surface area contributed by atoms with Crippen LogP contribution in [0.25, 0.3) is 0 Å². The first-order valence-corrected chi connectivity index (χ1v) is 8.05. The van der Waals surface area contributed by atoms with Crippen LogP contribution < -0.4 is 5.32 Å². The molecule has 1 saturated carbocycles. The summed E-state index contributed by atoms with van der Waals surface area (Å²) in [6, 6.07) is 0.833. The van der Waals surface area contributed by atoms with E-state index in [2.05, 4.69) is 11.6 Å². The average molecular weight is 229 g/mol. The summed E-state index contributed by atoms with van der Waals surface area (Å²) >= 11 is 1.97. The van der Waals surface area contributed by atoms with Gasteiger partial charge in [-0.2, -0.15) is 11.8 Å². The van der Waals surface area contributed by atoms with Gasteiger partial charge in [0, 0.05) is 6.04 Å². The highest BCUT2D eigenvalue weighted by molar-refractivity contribution is 7.98. The Hall–Kier alpha value is 0.310. The number of thioether (sulfide) groups is 1. The maximum Gasteiger partial charge on any atom is 0.00670 e. The molecule has 0 saturated heterocycles. The summed E-state index contributed by atoms with van der Waals surface area (Å²) in [5, 5.41) is 3.74. The molecule has 0 unspecified atom stereocenters. The molecule has 1 rings (SSSR count). The maximum absolute atomic E-state index is 3.74. The molecule has 0 aromatic rings. The molecule has 1 aliphatic carbocycles. The third kappa shape index (κ3) is 7.24. The zero-order valence-corrected chi connectivity index (χ0v) is 11.1. The van der Waals surface area contributed by atoms with Crippen molar-refractivity contribution in [3.63, 3.8) is 0 Å². The zero-order valence-electron chi connectivity index (χ0n) is 10.3. The Balaban J connectivity index is 1.97. The largest absolute Gasteiger partial charge is 0.314 e. The summed E-state index contributed by atoms with van der Waals surface area (Å²) in [4.78, 5) is 0. The Morgan fingerprint density at radius 3 is 2.33 bits per heavy atom. The van der Waals surface area contributed by atoms with Crippen molar-refractivity contribution in [2.75, 3.05) is 18.6 Å². The van der Waals surface area contributed by atoms with Crippen LogP contribution in [0.5, 0.6) is 0 Å². The van der Waals surface area contributed by atoms with Gasteiger partial charge in [0.25, 0.3) is 0 Å². The van der Waals surface area contributed by atoms with Gasteiger partial charge in [-0.15, -0.1) is 0 Å². The van der Waals surface area contributed by atoms with Gasteiger partial charge in [-0.3, -0.25) is 0 Å². The first-order valence-electron chi connectivity index (χ1n) is 6.66. The van der Waals surface area contributed by atoms with E-state index in [9.17, 15) is 0 Å². The maximum atomic E-state index is 3.74. The van der Waals surface area contributed by atoms with Gasteiger partial charge in [0.1, 0.15) is 0 Å². The van der Waals surface area contributed by atoms with E-state index in [1.165, 1.54) is 70.1 Å². The smallest absolute Gasteiger partial charge is 0.00670 e. The molecule has 0 atom stereocenters. The second kappa shape index (κ2) is 9.53. The van der Waals surface area contributed by atoms with E-state index in [0.29, 0.717) is 0 Å². The van der Waals surface area contributed by atoms with E-state index in [4.69, 9.17) is 0 Å². The molecule has 0 radical (unpaired) electrons. The Kier molecular flexibility index (Phi) is 8.50. The summed E-state index contributed by atoms with van der Waals surface area (Å²) in [5.74, 6) is 1.33. The van der Waals surface area contributed by atoms with Gasteiger partial charge in [0.05, 0.1) is 0 Å². The quantitative estimate of drug-likeness (QED) is 0.695. The SMILES string of the molecule is CSCCCCNC1CCCCCCC1. The molecule has 1 nitrogen and oxygen atoms in total. The number of nitrogens with one attached hydrogen (secondary N) is 1. The fraction of sp³-hybridized carbons (Fsp3) is 1.00. The molecule has 0 heterocycles. The molecule has 2 heteroatoms. The Morgan fingerprint density at radius 2 is 1.67 bits per heavy atom. The summed E-state index contributed by atoms with van der Waals surface area (Å²) in [5.41, 5.74) is 0. The second-order valence-electron chi connectivity index (χ2n) is 4.70. The molecule has 1 aliphatic rings. The van der Waals surface area contributed by atoms with Gasteiger partial charge >= 0.3 is 0 Å². The van der Waals surface area contributed by atoms with E-state index in [1.807, 2.05) is 11.8 Å². The molecule has 1 fully saturated rings. The molecule has 0 spiro atoms. The molecule has 0 aliphatic heterocycles. The van der Waals surface area contributed by atoms with Crippen molar-refractivity contribution < 1.29 is 0 Å². The third-order valence-corrected chi connectivity index (χ3v) is 4.01. The minimum absolute atomic E-state index is 0.833. The number of hydrogen-bond acceptors (Lipinski definition) is 2. The lowest BCUT2D eigenvalue weighted by Crippen LogP contribution is -2.30. The minimum Gasteiger partial charge on any atom is -0.314 e. The highest BCUT2D eigenvalue weighted by Crippen LogP contribution is 2.17. The normalized spacial score (nSPS) is 19.8. The van der Waals surface area contributed by atoms with E-state index in [0.717, 1.165) is 6.04 Å². The van der Waals surface area contributed by atoms with Gasteiger partial charge in [0.2, 0.25) is 0 Å². The van der Waals surface area contributed by atoms with Crippen LogP contribution in [0.3, 0.4) is 0 Å². The predicted octanol–water partition coefficient (Wildman–Crippen LogP) is 3.83.